The molecule has 1 aromatic rings. The van der Waals surface area contributed by atoms with E-state index in [1.165, 1.54) is 18.2 Å². The lowest BCUT2D eigenvalue weighted by Gasteiger charge is -1.98. The van der Waals surface area contributed by atoms with E-state index < -0.39 is 11.8 Å². The fourth-order valence-corrected chi connectivity index (χ4v) is 1.09. The molecule has 0 aromatic heterocycles. The molecule has 0 spiro atoms. The molecule has 0 atom stereocenters. The van der Waals surface area contributed by atoms with Crippen LogP contribution < -0.4 is 0 Å². The van der Waals surface area contributed by atoms with Gasteiger partial charge in [-0.2, -0.15) is 0 Å². The molecule has 1 N–H and O–H groups in total. The third-order valence-electron chi connectivity index (χ3n) is 1.67. The fraction of sp³-hybridized carbons (Fsp3) is 0.182. The Hall–Kier alpha value is -1.53. The number of hydrogen-bond acceptors (Lipinski definition) is 1. The Morgan fingerprint density at radius 3 is 2.87 bits per heavy atom. The number of carboxylic acids is 1. The van der Waals surface area contributed by atoms with Crippen LogP contribution in [0.25, 0.3) is 0 Å². The van der Waals surface area contributed by atoms with Crippen LogP contribution >= 0.6 is 11.6 Å². The van der Waals surface area contributed by atoms with Crippen LogP contribution in [0.3, 0.4) is 0 Å². The van der Waals surface area contributed by atoms with E-state index in [4.69, 9.17) is 16.7 Å². The summed E-state index contributed by atoms with van der Waals surface area (Å²) in [6, 6.07) is 4.09. The van der Waals surface area contributed by atoms with E-state index in [-0.39, 0.29) is 11.1 Å². The zero-order valence-electron chi connectivity index (χ0n) is 7.76. The number of carboxylic acid groups (broad SMARTS) is 1. The predicted molar refractivity (Wildman–Crippen MR) is 55.6 cm³/mol. The van der Waals surface area contributed by atoms with Gasteiger partial charge in [-0.15, -0.1) is 11.6 Å². The number of hydrogen-bond donors (Lipinski definition) is 1. The summed E-state index contributed by atoms with van der Waals surface area (Å²) in [6.45, 7) is 0. The van der Waals surface area contributed by atoms with Crippen molar-refractivity contribution in [2.24, 2.45) is 0 Å². The van der Waals surface area contributed by atoms with Gasteiger partial charge in [-0.1, -0.05) is 17.9 Å². The summed E-state index contributed by atoms with van der Waals surface area (Å²) < 4.78 is 13.4. The minimum atomic E-state index is -1.30. The summed E-state index contributed by atoms with van der Waals surface area (Å²) in [4.78, 5) is 10.6. The maximum atomic E-state index is 13.4. The van der Waals surface area contributed by atoms with Crippen LogP contribution in [-0.4, -0.2) is 17.0 Å². The molecule has 0 aliphatic carbocycles. The van der Waals surface area contributed by atoms with Crippen LogP contribution in [0.1, 0.15) is 22.3 Å². The minimum absolute atomic E-state index is 0.0833. The third-order valence-corrected chi connectivity index (χ3v) is 1.86. The highest BCUT2D eigenvalue weighted by molar-refractivity contribution is 6.18. The fourth-order valence-electron chi connectivity index (χ4n) is 0.999. The van der Waals surface area contributed by atoms with Crippen molar-refractivity contribution in [1.29, 1.82) is 0 Å². The van der Waals surface area contributed by atoms with E-state index in [0.29, 0.717) is 12.3 Å². The summed E-state index contributed by atoms with van der Waals surface area (Å²) in [5.74, 6) is 3.45. The molecule has 0 aliphatic heterocycles. The monoisotopic (exact) mass is 226 g/mol. The molecular formula is C11H8ClFO2. The van der Waals surface area contributed by atoms with Crippen molar-refractivity contribution in [2.75, 3.05) is 5.88 Å². The van der Waals surface area contributed by atoms with E-state index in [9.17, 15) is 9.18 Å². The molecule has 4 heteroatoms. The second-order valence-corrected chi connectivity index (χ2v) is 3.09. The van der Waals surface area contributed by atoms with Crippen LogP contribution in [-0.2, 0) is 0 Å². The molecule has 0 fully saturated rings. The Bertz CT molecular complexity index is 432. The number of benzene rings is 1. The molecule has 1 rings (SSSR count). The van der Waals surface area contributed by atoms with E-state index in [1.54, 1.807) is 0 Å². The van der Waals surface area contributed by atoms with Gasteiger partial charge in [-0.3, -0.25) is 0 Å². The van der Waals surface area contributed by atoms with Crippen molar-refractivity contribution in [3.63, 3.8) is 0 Å². The van der Waals surface area contributed by atoms with Gasteiger partial charge in [-0.25, -0.2) is 9.18 Å². The Morgan fingerprint density at radius 1 is 1.53 bits per heavy atom. The SMILES string of the molecule is O=C(O)c1cccc(C#CCCCl)c1F. The van der Waals surface area contributed by atoms with Crippen LogP contribution in [0.5, 0.6) is 0 Å². The van der Waals surface area contributed by atoms with Gasteiger partial charge in [0.25, 0.3) is 0 Å². The van der Waals surface area contributed by atoms with Gasteiger partial charge in [0, 0.05) is 12.3 Å². The normalized spacial score (nSPS) is 9.20. The number of rotatable bonds is 2. The summed E-state index contributed by atoms with van der Waals surface area (Å²) >= 11 is 5.40. The van der Waals surface area contributed by atoms with Crippen LogP contribution in [0, 0.1) is 17.7 Å². The second kappa shape index (κ2) is 5.38. The molecule has 78 valence electrons. The van der Waals surface area contributed by atoms with Gasteiger partial charge in [0.2, 0.25) is 0 Å². The van der Waals surface area contributed by atoms with Crippen molar-refractivity contribution in [2.45, 2.75) is 6.42 Å². The highest BCUT2D eigenvalue weighted by Gasteiger charge is 2.11. The lowest BCUT2D eigenvalue weighted by atomic mass is 10.1. The van der Waals surface area contributed by atoms with Crippen molar-refractivity contribution < 1.29 is 14.3 Å². The van der Waals surface area contributed by atoms with E-state index in [2.05, 4.69) is 11.8 Å². The van der Waals surface area contributed by atoms with Gasteiger partial charge in [0.05, 0.1) is 11.1 Å². The van der Waals surface area contributed by atoms with Gasteiger partial charge < -0.3 is 5.11 Å². The quantitative estimate of drug-likeness (QED) is 0.622. The molecule has 0 amide bonds. The molecule has 15 heavy (non-hydrogen) atoms. The Labute approximate surface area is 91.7 Å². The summed E-state index contributed by atoms with van der Waals surface area (Å²) in [5.41, 5.74) is -0.285. The molecule has 0 bridgehead atoms. The molecular weight excluding hydrogens is 219 g/mol. The first kappa shape index (κ1) is 11.5. The maximum absolute atomic E-state index is 13.4. The largest absolute Gasteiger partial charge is 0.478 e. The molecule has 0 saturated carbocycles. The molecule has 0 radical (unpaired) electrons. The first-order chi connectivity index (χ1) is 7.16. The topological polar surface area (TPSA) is 37.3 Å². The number of carbonyl (C=O) groups is 1. The van der Waals surface area contributed by atoms with Gasteiger partial charge in [0.15, 0.2) is 5.82 Å². The zero-order chi connectivity index (χ0) is 11.3. The molecule has 0 saturated heterocycles. The Balaban J connectivity index is 3.06. The van der Waals surface area contributed by atoms with Gasteiger partial charge in [-0.05, 0) is 12.1 Å². The average molecular weight is 227 g/mol. The Kier molecular flexibility index (Phi) is 4.14. The van der Waals surface area contributed by atoms with Gasteiger partial charge >= 0.3 is 5.97 Å². The van der Waals surface area contributed by atoms with E-state index in [1.807, 2.05) is 0 Å². The highest BCUT2D eigenvalue weighted by atomic mass is 35.5. The van der Waals surface area contributed by atoms with Gasteiger partial charge in [0.1, 0.15) is 0 Å². The van der Waals surface area contributed by atoms with Crippen molar-refractivity contribution >= 4 is 17.6 Å². The summed E-state index contributed by atoms with van der Waals surface area (Å²) in [7, 11) is 0. The number of aromatic carboxylic acids is 1. The molecule has 0 aliphatic rings. The second-order valence-electron chi connectivity index (χ2n) is 2.71. The standard InChI is InChI=1S/C11H8ClFO2/c12-7-2-1-4-8-5-3-6-9(10(8)13)11(14)15/h3,5-6H,2,7H2,(H,14,15). The lowest BCUT2D eigenvalue weighted by Crippen LogP contribution is -2.01. The minimum Gasteiger partial charge on any atom is -0.478 e. The van der Waals surface area contributed by atoms with E-state index >= 15 is 0 Å². The van der Waals surface area contributed by atoms with Crippen molar-refractivity contribution in [1.82, 2.24) is 0 Å². The number of alkyl halides is 1. The average Bonchev–Trinajstić information content (AvgIpc) is 2.20. The van der Waals surface area contributed by atoms with Crippen LogP contribution in [0.4, 0.5) is 4.39 Å². The highest BCUT2D eigenvalue weighted by Crippen LogP contribution is 2.11. The molecule has 0 unspecified atom stereocenters. The third kappa shape index (κ3) is 2.97. The van der Waals surface area contributed by atoms with Crippen molar-refractivity contribution in [3.8, 4) is 11.8 Å². The summed E-state index contributed by atoms with van der Waals surface area (Å²) in [6.07, 6.45) is 0.443. The van der Waals surface area contributed by atoms with Crippen molar-refractivity contribution in [3.05, 3.63) is 35.1 Å². The van der Waals surface area contributed by atoms with Crippen LogP contribution in [0.15, 0.2) is 18.2 Å². The smallest absolute Gasteiger partial charge is 0.338 e. The zero-order valence-corrected chi connectivity index (χ0v) is 8.51. The first-order valence-electron chi connectivity index (χ1n) is 4.23. The molecule has 0 heterocycles. The summed E-state index contributed by atoms with van der Waals surface area (Å²) in [5, 5.41) is 8.65. The molecule has 2 nitrogen and oxygen atoms in total. The predicted octanol–water partition coefficient (Wildman–Crippen LogP) is 2.50. The van der Waals surface area contributed by atoms with E-state index in [0.717, 1.165) is 0 Å². The first-order valence-corrected chi connectivity index (χ1v) is 4.77. The maximum Gasteiger partial charge on any atom is 0.338 e. The number of halogens is 2. The van der Waals surface area contributed by atoms with Crippen LogP contribution in [0.2, 0.25) is 0 Å². The molecule has 1 aromatic carbocycles. The lowest BCUT2D eigenvalue weighted by molar-refractivity contribution is 0.0692. The Morgan fingerprint density at radius 2 is 2.27 bits per heavy atom.